The number of piperazine rings is 1. The second-order valence-electron chi connectivity index (χ2n) is 2.53. The van der Waals surface area contributed by atoms with Gasteiger partial charge in [-0.15, -0.1) is 0 Å². The summed E-state index contributed by atoms with van der Waals surface area (Å²) in [5.41, 5.74) is 0. The summed E-state index contributed by atoms with van der Waals surface area (Å²) in [6, 6.07) is 0.726. The fraction of sp³-hybridized carbons (Fsp3) is 1.00. The molecule has 0 aromatic rings. The average molecular weight is 131 g/mol. The Morgan fingerprint density at radius 2 is 2.22 bits per heavy atom. The summed E-state index contributed by atoms with van der Waals surface area (Å²) in [5, 5.41) is 3.32. The van der Waals surface area contributed by atoms with Gasteiger partial charge < -0.3 is 16.4 Å². The Hall–Kier alpha value is -0.120. The summed E-state index contributed by atoms with van der Waals surface area (Å²) in [6.45, 7) is 5.74. The van der Waals surface area contributed by atoms with Crippen molar-refractivity contribution in [1.82, 2.24) is 16.4 Å². The van der Waals surface area contributed by atoms with Gasteiger partial charge in [0.15, 0.2) is 0 Å². The summed E-state index contributed by atoms with van der Waals surface area (Å²) >= 11 is 0. The molecule has 1 saturated heterocycles. The molecule has 1 aliphatic rings. The second kappa shape index (κ2) is 3.82. The highest BCUT2D eigenvalue weighted by Crippen LogP contribution is 1.95. The van der Waals surface area contributed by atoms with E-state index in [1.54, 1.807) is 0 Å². The van der Waals surface area contributed by atoms with E-state index < -0.39 is 0 Å². The molecule has 0 amide bonds. The maximum Gasteiger partial charge on any atom is 0.0189 e. The third kappa shape index (κ3) is 2.30. The SMILES string of the molecule is CC1CNCCN1C.N. The number of nitrogens with one attached hydrogen (secondary N) is 1. The van der Waals surface area contributed by atoms with E-state index in [1.165, 1.54) is 6.54 Å². The molecule has 0 aliphatic carbocycles. The van der Waals surface area contributed by atoms with Gasteiger partial charge in [0.1, 0.15) is 0 Å². The molecule has 0 aromatic heterocycles. The van der Waals surface area contributed by atoms with Crippen LogP contribution in [-0.4, -0.2) is 37.6 Å². The van der Waals surface area contributed by atoms with Crippen molar-refractivity contribution in [3.8, 4) is 0 Å². The zero-order valence-electron chi connectivity index (χ0n) is 6.35. The first-order valence-corrected chi connectivity index (χ1v) is 3.21. The van der Waals surface area contributed by atoms with Crippen LogP contribution >= 0.6 is 0 Å². The highest BCUT2D eigenvalue weighted by atomic mass is 15.2. The minimum Gasteiger partial charge on any atom is -0.344 e. The largest absolute Gasteiger partial charge is 0.344 e. The van der Waals surface area contributed by atoms with Crippen LogP contribution in [0.5, 0.6) is 0 Å². The average Bonchev–Trinajstić information content (AvgIpc) is 1.77. The molecule has 9 heavy (non-hydrogen) atoms. The first-order chi connectivity index (χ1) is 3.80. The molecule has 1 unspecified atom stereocenters. The van der Waals surface area contributed by atoms with Crippen LogP contribution in [0.2, 0.25) is 0 Å². The maximum absolute atomic E-state index is 3.32. The molecular weight excluding hydrogens is 114 g/mol. The molecule has 1 aliphatic heterocycles. The zero-order valence-corrected chi connectivity index (χ0v) is 6.35. The van der Waals surface area contributed by atoms with E-state index in [4.69, 9.17) is 0 Å². The predicted molar refractivity (Wildman–Crippen MR) is 40.0 cm³/mol. The van der Waals surface area contributed by atoms with Crippen LogP contribution < -0.4 is 11.5 Å². The molecule has 3 heteroatoms. The highest BCUT2D eigenvalue weighted by Gasteiger charge is 2.11. The Kier molecular flexibility index (Phi) is 3.77. The maximum atomic E-state index is 3.32. The lowest BCUT2D eigenvalue weighted by molar-refractivity contribution is 0.215. The van der Waals surface area contributed by atoms with Crippen LogP contribution in [0, 0.1) is 0 Å². The molecule has 1 rings (SSSR count). The molecule has 1 fully saturated rings. The molecule has 1 heterocycles. The Labute approximate surface area is 57.0 Å². The van der Waals surface area contributed by atoms with Crippen LogP contribution in [0.4, 0.5) is 0 Å². The van der Waals surface area contributed by atoms with Gasteiger partial charge in [-0.25, -0.2) is 0 Å². The smallest absolute Gasteiger partial charge is 0.0189 e. The van der Waals surface area contributed by atoms with Gasteiger partial charge >= 0.3 is 0 Å². The van der Waals surface area contributed by atoms with Crippen LogP contribution in [0.25, 0.3) is 0 Å². The molecule has 0 aromatic carbocycles. The normalized spacial score (nSPS) is 29.3. The van der Waals surface area contributed by atoms with E-state index in [2.05, 4.69) is 24.2 Å². The van der Waals surface area contributed by atoms with Crippen molar-refractivity contribution >= 4 is 0 Å². The third-order valence-corrected chi connectivity index (χ3v) is 1.83. The molecule has 0 bridgehead atoms. The van der Waals surface area contributed by atoms with Gasteiger partial charge in [-0.05, 0) is 14.0 Å². The van der Waals surface area contributed by atoms with Crippen LogP contribution in [0.1, 0.15) is 6.92 Å². The van der Waals surface area contributed by atoms with E-state index in [0.717, 1.165) is 19.1 Å². The van der Waals surface area contributed by atoms with Crippen molar-refractivity contribution in [2.45, 2.75) is 13.0 Å². The summed E-state index contributed by atoms with van der Waals surface area (Å²) in [4.78, 5) is 2.37. The lowest BCUT2D eigenvalue weighted by Crippen LogP contribution is -2.47. The van der Waals surface area contributed by atoms with E-state index >= 15 is 0 Å². The topological polar surface area (TPSA) is 50.3 Å². The standard InChI is InChI=1S/C6H14N2.H3N/c1-6-5-7-3-4-8(6)2;/h6-7H,3-5H2,1-2H3;1H3. The van der Waals surface area contributed by atoms with Gasteiger partial charge in [0.25, 0.3) is 0 Å². The minimum atomic E-state index is 0. The summed E-state index contributed by atoms with van der Waals surface area (Å²) in [7, 11) is 2.17. The molecule has 4 N–H and O–H groups in total. The first-order valence-electron chi connectivity index (χ1n) is 3.21. The number of rotatable bonds is 0. The van der Waals surface area contributed by atoms with Crippen molar-refractivity contribution in [2.24, 2.45) is 0 Å². The molecule has 3 nitrogen and oxygen atoms in total. The van der Waals surface area contributed by atoms with Gasteiger partial charge in [0.2, 0.25) is 0 Å². The lowest BCUT2D eigenvalue weighted by Gasteiger charge is -2.29. The molecule has 0 radical (unpaired) electrons. The monoisotopic (exact) mass is 131 g/mol. The number of nitrogens with zero attached hydrogens (tertiary/aromatic N) is 1. The van der Waals surface area contributed by atoms with Gasteiger partial charge in [0, 0.05) is 25.7 Å². The predicted octanol–water partition coefficient (Wildman–Crippen LogP) is 0.0719. The van der Waals surface area contributed by atoms with Gasteiger partial charge in [-0.1, -0.05) is 0 Å². The Morgan fingerprint density at radius 1 is 1.56 bits per heavy atom. The summed E-state index contributed by atoms with van der Waals surface area (Å²) in [6.07, 6.45) is 0. The van der Waals surface area contributed by atoms with Gasteiger partial charge in [0.05, 0.1) is 0 Å². The third-order valence-electron chi connectivity index (χ3n) is 1.83. The quantitative estimate of drug-likeness (QED) is 0.489. The van der Waals surface area contributed by atoms with Crippen molar-refractivity contribution < 1.29 is 0 Å². The fourth-order valence-electron chi connectivity index (χ4n) is 0.943. The molecule has 1 atom stereocenters. The van der Waals surface area contributed by atoms with Crippen LogP contribution in [-0.2, 0) is 0 Å². The first kappa shape index (κ1) is 8.88. The van der Waals surface area contributed by atoms with E-state index in [0.29, 0.717) is 0 Å². The molecule has 56 valence electrons. The van der Waals surface area contributed by atoms with Gasteiger partial charge in [-0.2, -0.15) is 0 Å². The van der Waals surface area contributed by atoms with E-state index in [9.17, 15) is 0 Å². The summed E-state index contributed by atoms with van der Waals surface area (Å²) in [5.74, 6) is 0. The fourth-order valence-corrected chi connectivity index (χ4v) is 0.943. The van der Waals surface area contributed by atoms with Crippen molar-refractivity contribution in [1.29, 1.82) is 0 Å². The minimum absolute atomic E-state index is 0. The second-order valence-corrected chi connectivity index (χ2v) is 2.53. The van der Waals surface area contributed by atoms with Crippen LogP contribution in [0.3, 0.4) is 0 Å². The lowest BCUT2D eigenvalue weighted by atomic mass is 10.2. The zero-order chi connectivity index (χ0) is 5.98. The number of likely N-dealkylation sites (N-methyl/N-ethyl adjacent to an activating group) is 1. The summed E-state index contributed by atoms with van der Waals surface area (Å²) < 4.78 is 0. The van der Waals surface area contributed by atoms with Crippen molar-refractivity contribution in [2.75, 3.05) is 26.7 Å². The van der Waals surface area contributed by atoms with Crippen molar-refractivity contribution in [3.63, 3.8) is 0 Å². The van der Waals surface area contributed by atoms with Crippen molar-refractivity contribution in [3.05, 3.63) is 0 Å². The Bertz CT molecular complexity index is 64.7. The van der Waals surface area contributed by atoms with Gasteiger partial charge in [-0.3, -0.25) is 0 Å². The van der Waals surface area contributed by atoms with E-state index in [-0.39, 0.29) is 6.15 Å². The Morgan fingerprint density at radius 3 is 2.56 bits per heavy atom. The van der Waals surface area contributed by atoms with E-state index in [1.807, 2.05) is 0 Å². The molecule has 0 saturated carbocycles. The number of hydrogen-bond acceptors (Lipinski definition) is 3. The van der Waals surface area contributed by atoms with Crippen LogP contribution in [0.15, 0.2) is 0 Å². The highest BCUT2D eigenvalue weighted by molar-refractivity contribution is 4.71. The Balaban J connectivity index is 0.000000640. The molecular formula is C6H17N3. The molecule has 0 spiro atoms. The number of hydrogen-bond donors (Lipinski definition) is 2.